The number of carbonyl (C=O) groups excluding carboxylic acids is 1. The molecule has 1 aromatic heterocycles. The van der Waals surface area contributed by atoms with Crippen LogP contribution in [0.1, 0.15) is 18.2 Å². The molecule has 14 heavy (non-hydrogen) atoms. The first-order chi connectivity index (χ1) is 6.56. The fourth-order valence-corrected chi connectivity index (χ4v) is 1.26. The molecule has 0 saturated heterocycles. The Hall–Kier alpha value is -1.56. The third kappa shape index (κ3) is 2.02. The van der Waals surface area contributed by atoms with Crippen molar-refractivity contribution in [3.63, 3.8) is 0 Å². The molecule has 0 spiro atoms. The number of nitrogens with one attached hydrogen (secondary N) is 3. The molecule has 5 N–H and O–H groups in total. The Morgan fingerprint density at radius 1 is 1.57 bits per heavy atom. The van der Waals surface area contributed by atoms with Crippen LogP contribution in [-0.4, -0.2) is 16.1 Å². The summed E-state index contributed by atoms with van der Waals surface area (Å²) < 4.78 is 0. The van der Waals surface area contributed by atoms with E-state index < -0.39 is 0 Å². The Kier molecular flexibility index (Phi) is 3.08. The lowest BCUT2D eigenvalue weighted by Gasteiger charge is -2.07. The Morgan fingerprint density at radius 2 is 2.21 bits per heavy atom. The van der Waals surface area contributed by atoms with Crippen LogP contribution in [0.15, 0.2) is 4.79 Å². The number of aryl methyl sites for hydroxylation is 1. The van der Waals surface area contributed by atoms with E-state index in [2.05, 4.69) is 15.6 Å². The van der Waals surface area contributed by atoms with Crippen molar-refractivity contribution in [2.24, 2.45) is 11.8 Å². The first-order valence-electron chi connectivity index (χ1n) is 4.32. The average molecular weight is 198 g/mol. The number of nitrogens with two attached hydrogens (primary N) is 1. The summed E-state index contributed by atoms with van der Waals surface area (Å²) in [4.78, 5) is 22.3. The first kappa shape index (κ1) is 10.5. The van der Waals surface area contributed by atoms with E-state index in [1.807, 2.05) is 0 Å². The second-order valence-electron chi connectivity index (χ2n) is 3.30. The number of rotatable bonds is 3. The van der Waals surface area contributed by atoms with Gasteiger partial charge in [0.1, 0.15) is 0 Å². The van der Waals surface area contributed by atoms with Gasteiger partial charge in [-0.25, -0.2) is 5.84 Å². The van der Waals surface area contributed by atoms with Gasteiger partial charge in [0.25, 0.3) is 5.56 Å². The van der Waals surface area contributed by atoms with Gasteiger partial charge in [-0.3, -0.25) is 20.1 Å². The molecule has 0 aromatic carbocycles. The summed E-state index contributed by atoms with van der Waals surface area (Å²) in [5, 5.41) is 5.15. The molecule has 0 radical (unpaired) electrons. The van der Waals surface area contributed by atoms with E-state index in [0.29, 0.717) is 12.0 Å². The lowest BCUT2D eigenvalue weighted by Crippen LogP contribution is -2.36. The van der Waals surface area contributed by atoms with Crippen molar-refractivity contribution in [2.75, 3.05) is 0 Å². The minimum Gasteiger partial charge on any atom is -0.302 e. The van der Waals surface area contributed by atoms with Gasteiger partial charge in [0.2, 0.25) is 5.91 Å². The quantitative estimate of drug-likeness (QED) is 0.290. The predicted octanol–water partition coefficient (Wildman–Crippen LogP) is -0.820. The monoisotopic (exact) mass is 198 g/mol. The zero-order valence-electron chi connectivity index (χ0n) is 8.18. The van der Waals surface area contributed by atoms with Crippen molar-refractivity contribution in [1.29, 1.82) is 0 Å². The van der Waals surface area contributed by atoms with E-state index in [1.54, 1.807) is 13.8 Å². The number of carbonyl (C=O) groups is 1. The molecule has 78 valence electrons. The third-order valence-corrected chi connectivity index (χ3v) is 2.19. The Balaban J connectivity index is 2.79. The molecule has 6 heteroatoms. The largest absolute Gasteiger partial charge is 0.302 e. The highest BCUT2D eigenvalue weighted by atomic mass is 16.2. The van der Waals surface area contributed by atoms with Gasteiger partial charge in [-0.2, -0.15) is 0 Å². The van der Waals surface area contributed by atoms with Crippen LogP contribution < -0.4 is 16.8 Å². The van der Waals surface area contributed by atoms with Gasteiger partial charge in [-0.1, -0.05) is 6.92 Å². The van der Waals surface area contributed by atoms with Gasteiger partial charge >= 0.3 is 0 Å². The first-order valence-corrected chi connectivity index (χ1v) is 4.32. The smallest absolute Gasteiger partial charge is 0.267 e. The third-order valence-electron chi connectivity index (χ3n) is 2.19. The lowest BCUT2D eigenvalue weighted by atomic mass is 10.0. The summed E-state index contributed by atoms with van der Waals surface area (Å²) in [6, 6.07) is 0. The zero-order valence-corrected chi connectivity index (χ0v) is 8.18. The molecule has 1 atom stereocenters. The lowest BCUT2D eigenvalue weighted by molar-refractivity contribution is -0.124. The van der Waals surface area contributed by atoms with E-state index in [1.165, 1.54) is 0 Å². The van der Waals surface area contributed by atoms with E-state index in [4.69, 9.17) is 5.84 Å². The zero-order chi connectivity index (χ0) is 10.7. The van der Waals surface area contributed by atoms with Crippen molar-refractivity contribution >= 4 is 5.91 Å². The van der Waals surface area contributed by atoms with E-state index >= 15 is 0 Å². The summed E-state index contributed by atoms with van der Waals surface area (Å²) in [5.41, 5.74) is 3.23. The van der Waals surface area contributed by atoms with Gasteiger partial charge in [-0.05, 0) is 13.3 Å². The number of H-pyrrole nitrogens is 2. The highest BCUT2D eigenvalue weighted by Crippen LogP contribution is 2.06. The Labute approximate surface area is 80.8 Å². The second-order valence-corrected chi connectivity index (χ2v) is 3.30. The van der Waals surface area contributed by atoms with E-state index in [9.17, 15) is 9.59 Å². The van der Waals surface area contributed by atoms with Crippen molar-refractivity contribution in [1.82, 2.24) is 15.6 Å². The molecule has 0 aliphatic heterocycles. The maximum absolute atomic E-state index is 11.2. The summed E-state index contributed by atoms with van der Waals surface area (Å²) in [6.45, 7) is 3.49. The van der Waals surface area contributed by atoms with E-state index in [0.717, 1.165) is 5.69 Å². The highest BCUT2D eigenvalue weighted by molar-refractivity contribution is 5.77. The molecule has 0 aliphatic rings. The van der Waals surface area contributed by atoms with Crippen molar-refractivity contribution in [2.45, 2.75) is 20.3 Å². The van der Waals surface area contributed by atoms with Crippen LogP contribution in [0.4, 0.5) is 0 Å². The number of hydrogen-bond acceptors (Lipinski definition) is 3. The number of hydrogen-bond donors (Lipinski definition) is 4. The standard InChI is InChI=1S/C8H14N4O2/c1-4(7(13)10-9)3-6-5(2)11-12-8(6)14/h4H,3,9H2,1-2H3,(H,10,13)(H2,11,12,14). The Bertz CT molecular complexity index is 379. The number of aromatic nitrogens is 2. The van der Waals surface area contributed by atoms with Crippen LogP contribution in [0.25, 0.3) is 0 Å². The van der Waals surface area contributed by atoms with Gasteiger partial charge in [0.15, 0.2) is 0 Å². The summed E-state index contributed by atoms with van der Waals surface area (Å²) in [6.07, 6.45) is 0.383. The average Bonchev–Trinajstić information content (AvgIpc) is 2.48. The molecule has 0 saturated carbocycles. The van der Waals surface area contributed by atoms with Crippen LogP contribution in [0.3, 0.4) is 0 Å². The van der Waals surface area contributed by atoms with Gasteiger partial charge < -0.3 is 5.10 Å². The maximum Gasteiger partial charge on any atom is 0.267 e. The number of amides is 1. The molecular formula is C8H14N4O2. The minimum atomic E-state index is -0.310. The normalized spacial score (nSPS) is 12.5. The van der Waals surface area contributed by atoms with Gasteiger partial charge in [0.05, 0.1) is 0 Å². The molecular weight excluding hydrogens is 184 g/mol. The Morgan fingerprint density at radius 3 is 2.64 bits per heavy atom. The van der Waals surface area contributed by atoms with Crippen molar-refractivity contribution in [3.05, 3.63) is 21.6 Å². The predicted molar refractivity (Wildman–Crippen MR) is 51.3 cm³/mol. The fraction of sp³-hybridized carbons (Fsp3) is 0.500. The van der Waals surface area contributed by atoms with Crippen LogP contribution in [0.5, 0.6) is 0 Å². The molecule has 1 amide bonds. The minimum absolute atomic E-state index is 0.181. The summed E-state index contributed by atoms with van der Waals surface area (Å²) in [7, 11) is 0. The van der Waals surface area contributed by atoms with Crippen LogP contribution in [0.2, 0.25) is 0 Å². The SMILES string of the molecule is Cc1[nH][nH]c(=O)c1CC(C)C(=O)NN. The molecule has 1 rings (SSSR count). The highest BCUT2D eigenvalue weighted by Gasteiger charge is 2.16. The summed E-state index contributed by atoms with van der Waals surface area (Å²) in [5.74, 6) is 4.40. The van der Waals surface area contributed by atoms with E-state index in [-0.39, 0.29) is 17.4 Å². The van der Waals surface area contributed by atoms with Gasteiger partial charge in [0, 0.05) is 17.2 Å². The van der Waals surface area contributed by atoms with Crippen LogP contribution in [0, 0.1) is 12.8 Å². The molecule has 1 heterocycles. The molecule has 1 aromatic rings. The number of hydrazine groups is 1. The second kappa shape index (κ2) is 4.10. The molecule has 1 unspecified atom stereocenters. The van der Waals surface area contributed by atoms with Crippen molar-refractivity contribution in [3.8, 4) is 0 Å². The molecule has 0 bridgehead atoms. The van der Waals surface area contributed by atoms with Crippen LogP contribution >= 0.6 is 0 Å². The maximum atomic E-state index is 11.2. The number of aromatic amines is 2. The topological polar surface area (TPSA) is 104 Å². The summed E-state index contributed by atoms with van der Waals surface area (Å²) >= 11 is 0. The van der Waals surface area contributed by atoms with Crippen LogP contribution in [-0.2, 0) is 11.2 Å². The molecule has 6 nitrogen and oxygen atoms in total. The molecule has 0 fully saturated rings. The molecule has 0 aliphatic carbocycles. The fourth-order valence-electron chi connectivity index (χ4n) is 1.26. The van der Waals surface area contributed by atoms with Gasteiger partial charge in [-0.15, -0.1) is 0 Å². The van der Waals surface area contributed by atoms with Crippen molar-refractivity contribution < 1.29 is 4.79 Å².